The highest BCUT2D eigenvalue weighted by Gasteiger charge is 2.22. The third-order valence-electron chi connectivity index (χ3n) is 4.44. The van der Waals surface area contributed by atoms with Gasteiger partial charge in [0.05, 0.1) is 19.7 Å². The smallest absolute Gasteiger partial charge is 0.162 e. The van der Waals surface area contributed by atoms with Gasteiger partial charge >= 0.3 is 0 Å². The molecule has 0 amide bonds. The molecule has 7 nitrogen and oxygen atoms in total. The predicted octanol–water partition coefficient (Wildman–Crippen LogP) is 2.48. The van der Waals surface area contributed by atoms with E-state index in [0.29, 0.717) is 23.6 Å². The van der Waals surface area contributed by atoms with Gasteiger partial charge in [-0.1, -0.05) is 0 Å². The molecule has 130 valence electrons. The number of aromatic nitrogens is 2. The van der Waals surface area contributed by atoms with E-state index in [1.165, 1.54) is 12.1 Å². The fraction of sp³-hybridized carbons (Fsp3) is 0.500. The van der Waals surface area contributed by atoms with Crippen LogP contribution in [0.15, 0.2) is 18.5 Å². The van der Waals surface area contributed by atoms with Crippen LogP contribution in [0.2, 0.25) is 0 Å². The summed E-state index contributed by atoms with van der Waals surface area (Å²) < 4.78 is 14.0. The molecule has 0 atom stereocenters. The maximum atomic E-state index is 5.48. The van der Waals surface area contributed by atoms with E-state index >= 15 is 0 Å². The van der Waals surface area contributed by atoms with Gasteiger partial charge in [0.15, 0.2) is 11.5 Å². The summed E-state index contributed by atoms with van der Waals surface area (Å²) in [6.45, 7) is 0. The number of rotatable bonds is 6. The number of ether oxygens (including phenoxy) is 2. The van der Waals surface area contributed by atoms with Gasteiger partial charge in [-0.25, -0.2) is 14.7 Å². The number of nitrogens with zero attached hydrogens (tertiary/aromatic N) is 2. The Hall–Kier alpha value is -1.77. The highest BCUT2D eigenvalue weighted by atomic mass is 32.2. The Morgan fingerprint density at radius 1 is 1.04 bits per heavy atom. The molecule has 1 fully saturated rings. The van der Waals surface area contributed by atoms with Crippen molar-refractivity contribution in [2.45, 2.75) is 37.8 Å². The van der Waals surface area contributed by atoms with Crippen molar-refractivity contribution in [1.29, 1.82) is 0 Å². The third kappa shape index (κ3) is 3.66. The Bertz CT molecular complexity index is 691. The first kappa shape index (κ1) is 17.1. The van der Waals surface area contributed by atoms with E-state index in [1.807, 2.05) is 12.1 Å². The molecular formula is C16H23N5O2S. The van der Waals surface area contributed by atoms with Gasteiger partial charge in [0.25, 0.3) is 0 Å². The van der Waals surface area contributed by atoms with Gasteiger partial charge in [0.1, 0.15) is 12.1 Å². The van der Waals surface area contributed by atoms with Crippen LogP contribution < -0.4 is 24.7 Å². The van der Waals surface area contributed by atoms with E-state index in [1.54, 1.807) is 20.5 Å². The summed E-state index contributed by atoms with van der Waals surface area (Å²) in [5.74, 6) is 2.18. The van der Waals surface area contributed by atoms with Gasteiger partial charge < -0.3 is 14.8 Å². The van der Waals surface area contributed by atoms with E-state index < -0.39 is 0 Å². The molecule has 0 aliphatic heterocycles. The number of fused-ring (bicyclic) bond motifs is 1. The Balaban J connectivity index is 1.80. The minimum absolute atomic E-state index is 0.400. The van der Waals surface area contributed by atoms with Crippen molar-refractivity contribution in [3.63, 3.8) is 0 Å². The summed E-state index contributed by atoms with van der Waals surface area (Å²) in [6, 6.07) is 4.69. The highest BCUT2D eigenvalue weighted by Crippen LogP contribution is 2.34. The van der Waals surface area contributed by atoms with Gasteiger partial charge in [-0.2, -0.15) is 0 Å². The van der Waals surface area contributed by atoms with Crippen molar-refractivity contribution in [3.8, 4) is 11.5 Å². The summed E-state index contributed by atoms with van der Waals surface area (Å²) in [5, 5.41) is 9.98. The molecule has 1 aromatic carbocycles. The van der Waals surface area contributed by atoms with Crippen molar-refractivity contribution < 1.29 is 9.47 Å². The molecule has 0 spiro atoms. The molecule has 0 radical (unpaired) electrons. The molecule has 8 heteroatoms. The molecule has 24 heavy (non-hydrogen) atoms. The number of hydrogen-bond donors (Lipinski definition) is 3. The largest absolute Gasteiger partial charge is 0.493 e. The quantitative estimate of drug-likeness (QED) is 0.685. The van der Waals surface area contributed by atoms with Gasteiger partial charge in [-0.15, -0.1) is 0 Å². The SMILES string of the molecule is COc1cc2ncnc(NC3CCC(NSN)CC3)c2cc1OC. The fourth-order valence-electron chi connectivity index (χ4n) is 3.14. The summed E-state index contributed by atoms with van der Waals surface area (Å²) in [5.41, 5.74) is 0.833. The van der Waals surface area contributed by atoms with Crippen LogP contribution in [0.1, 0.15) is 25.7 Å². The third-order valence-corrected chi connectivity index (χ3v) is 4.91. The maximum absolute atomic E-state index is 5.48. The molecule has 4 N–H and O–H groups in total. The topological polar surface area (TPSA) is 94.3 Å². The normalized spacial score (nSPS) is 20.8. The van der Waals surface area contributed by atoms with Crippen LogP contribution in [0.4, 0.5) is 5.82 Å². The van der Waals surface area contributed by atoms with E-state index in [0.717, 1.165) is 42.4 Å². The molecule has 1 saturated carbocycles. The summed E-state index contributed by atoms with van der Waals surface area (Å²) in [6.07, 6.45) is 5.94. The summed E-state index contributed by atoms with van der Waals surface area (Å²) >= 11 is 1.21. The standard InChI is InChI=1S/C16H23N5O2S/c1-22-14-7-12-13(8-15(14)23-2)18-9-19-16(12)20-10-3-5-11(6-4-10)21-24-17/h7-11,21H,3-6,17H2,1-2H3,(H,18,19,20). The van der Waals surface area contributed by atoms with E-state index in [9.17, 15) is 0 Å². The van der Waals surface area contributed by atoms with Crippen LogP contribution in [0.3, 0.4) is 0 Å². The van der Waals surface area contributed by atoms with Gasteiger partial charge in [0.2, 0.25) is 0 Å². The van der Waals surface area contributed by atoms with Crippen molar-refractivity contribution in [1.82, 2.24) is 14.7 Å². The monoisotopic (exact) mass is 349 g/mol. The fourth-order valence-corrected chi connectivity index (χ4v) is 3.57. The van der Waals surface area contributed by atoms with Crippen molar-refractivity contribution in [3.05, 3.63) is 18.5 Å². The molecule has 0 saturated heterocycles. The minimum Gasteiger partial charge on any atom is -0.493 e. The molecule has 1 aliphatic rings. The molecule has 0 unspecified atom stereocenters. The second kappa shape index (κ2) is 7.87. The van der Waals surface area contributed by atoms with Crippen LogP contribution in [0.25, 0.3) is 10.9 Å². The Labute approximate surface area is 146 Å². The van der Waals surface area contributed by atoms with Crippen molar-refractivity contribution in [2.24, 2.45) is 5.14 Å². The lowest BCUT2D eigenvalue weighted by molar-refractivity contribution is 0.356. The van der Waals surface area contributed by atoms with Crippen LogP contribution in [-0.2, 0) is 0 Å². The van der Waals surface area contributed by atoms with Crippen molar-refractivity contribution in [2.75, 3.05) is 19.5 Å². The Morgan fingerprint density at radius 2 is 1.71 bits per heavy atom. The highest BCUT2D eigenvalue weighted by molar-refractivity contribution is 7.95. The van der Waals surface area contributed by atoms with Crippen LogP contribution in [-0.4, -0.2) is 36.3 Å². The summed E-state index contributed by atoms with van der Waals surface area (Å²) in [7, 11) is 3.25. The number of benzene rings is 1. The number of nitrogens with two attached hydrogens (primary N) is 1. The van der Waals surface area contributed by atoms with Gasteiger partial charge in [-0.3, -0.25) is 5.14 Å². The number of hydrogen-bond acceptors (Lipinski definition) is 8. The predicted molar refractivity (Wildman–Crippen MR) is 97.2 cm³/mol. The number of anilines is 1. The lowest BCUT2D eigenvalue weighted by Gasteiger charge is -2.29. The number of methoxy groups -OCH3 is 2. The molecule has 1 heterocycles. The summed E-state index contributed by atoms with van der Waals surface area (Å²) in [4.78, 5) is 8.77. The Morgan fingerprint density at radius 3 is 2.38 bits per heavy atom. The second-order valence-electron chi connectivity index (χ2n) is 5.88. The molecular weight excluding hydrogens is 326 g/mol. The van der Waals surface area contributed by atoms with Crippen LogP contribution in [0.5, 0.6) is 11.5 Å². The maximum Gasteiger partial charge on any atom is 0.162 e. The van der Waals surface area contributed by atoms with Crippen LogP contribution >= 0.6 is 12.1 Å². The van der Waals surface area contributed by atoms with Gasteiger partial charge in [0, 0.05) is 35.7 Å². The number of nitrogens with one attached hydrogen (secondary N) is 2. The zero-order chi connectivity index (χ0) is 16.9. The second-order valence-corrected chi connectivity index (χ2v) is 6.35. The minimum atomic E-state index is 0.400. The van der Waals surface area contributed by atoms with Crippen LogP contribution in [0, 0.1) is 0 Å². The van der Waals surface area contributed by atoms with Crippen molar-refractivity contribution >= 4 is 28.9 Å². The molecule has 2 aromatic rings. The van der Waals surface area contributed by atoms with E-state index in [2.05, 4.69) is 20.0 Å². The molecule has 1 aromatic heterocycles. The lowest BCUT2D eigenvalue weighted by atomic mass is 9.92. The first-order valence-corrected chi connectivity index (χ1v) is 8.87. The first-order chi connectivity index (χ1) is 11.7. The Kier molecular flexibility index (Phi) is 5.60. The molecule has 1 aliphatic carbocycles. The molecule has 0 bridgehead atoms. The van der Waals surface area contributed by atoms with E-state index in [-0.39, 0.29) is 0 Å². The van der Waals surface area contributed by atoms with Gasteiger partial charge in [-0.05, 0) is 31.7 Å². The lowest BCUT2D eigenvalue weighted by Crippen LogP contribution is -2.34. The first-order valence-electron chi connectivity index (χ1n) is 7.99. The average Bonchev–Trinajstić information content (AvgIpc) is 2.62. The zero-order valence-corrected chi connectivity index (χ0v) is 14.7. The molecule has 3 rings (SSSR count). The van der Waals surface area contributed by atoms with E-state index in [4.69, 9.17) is 14.6 Å². The zero-order valence-electron chi connectivity index (χ0n) is 13.9. The average molecular weight is 349 g/mol.